The number of esters is 1. The molecule has 0 N–H and O–H groups in total. The Morgan fingerprint density at radius 1 is 0.880 bits per heavy atom. The molecule has 25 heavy (non-hydrogen) atoms. The molecule has 1 heterocycles. The van der Waals surface area contributed by atoms with E-state index in [-0.39, 0.29) is 24.7 Å². The highest BCUT2D eigenvalue weighted by molar-refractivity contribution is 7.91. The Kier molecular flexibility index (Phi) is 12.0. The van der Waals surface area contributed by atoms with Crippen LogP contribution in [0.3, 0.4) is 0 Å². The molecule has 0 radical (unpaired) electrons. The van der Waals surface area contributed by atoms with Crippen LogP contribution in [0, 0.1) is 0 Å². The number of ether oxygens (including phenoxy) is 5. The number of hydrogen-bond donors (Lipinski definition) is 0. The third-order valence-electron chi connectivity index (χ3n) is 3.50. The zero-order chi connectivity index (χ0) is 18.4. The first-order chi connectivity index (χ1) is 12.0. The zero-order valence-corrected chi connectivity index (χ0v) is 15.6. The van der Waals surface area contributed by atoms with E-state index in [1.54, 1.807) is 7.11 Å². The molecule has 9 nitrogen and oxygen atoms in total. The summed E-state index contributed by atoms with van der Waals surface area (Å²) >= 11 is 0. The summed E-state index contributed by atoms with van der Waals surface area (Å²) in [4.78, 5) is 13.5. The van der Waals surface area contributed by atoms with E-state index >= 15 is 0 Å². The van der Waals surface area contributed by atoms with E-state index in [2.05, 4.69) is 0 Å². The van der Waals surface area contributed by atoms with Crippen LogP contribution in [-0.4, -0.2) is 110 Å². The average molecular weight is 383 g/mol. The van der Waals surface area contributed by atoms with E-state index in [1.165, 1.54) is 0 Å². The van der Waals surface area contributed by atoms with Crippen molar-refractivity contribution in [3.05, 3.63) is 0 Å². The summed E-state index contributed by atoms with van der Waals surface area (Å²) in [5.74, 6) is -0.101. The van der Waals surface area contributed by atoms with E-state index in [0.717, 1.165) is 0 Å². The summed E-state index contributed by atoms with van der Waals surface area (Å²) in [5.41, 5.74) is 0. The largest absolute Gasteiger partial charge is 0.463 e. The monoisotopic (exact) mass is 383 g/mol. The van der Waals surface area contributed by atoms with Crippen molar-refractivity contribution in [3.63, 3.8) is 0 Å². The van der Waals surface area contributed by atoms with Crippen LogP contribution in [-0.2, 0) is 38.3 Å². The summed E-state index contributed by atoms with van der Waals surface area (Å²) < 4.78 is 48.1. The summed E-state index contributed by atoms with van der Waals surface area (Å²) in [7, 11) is -1.27. The molecule has 10 heteroatoms. The maximum atomic E-state index is 11.5. The van der Waals surface area contributed by atoms with Crippen molar-refractivity contribution >= 4 is 15.8 Å². The van der Waals surface area contributed by atoms with Gasteiger partial charge in [-0.3, -0.25) is 4.90 Å². The van der Waals surface area contributed by atoms with Gasteiger partial charge in [-0.1, -0.05) is 0 Å². The molecule has 0 aliphatic carbocycles. The van der Waals surface area contributed by atoms with E-state index in [4.69, 9.17) is 23.7 Å². The molecule has 0 aromatic heterocycles. The van der Waals surface area contributed by atoms with Crippen molar-refractivity contribution < 1.29 is 36.9 Å². The molecule has 0 spiro atoms. The van der Waals surface area contributed by atoms with E-state index in [9.17, 15) is 13.2 Å². The molecular formula is C15H29NO8S. The van der Waals surface area contributed by atoms with Gasteiger partial charge in [0.1, 0.15) is 13.2 Å². The van der Waals surface area contributed by atoms with Crippen LogP contribution in [0.2, 0.25) is 0 Å². The number of methoxy groups -OCH3 is 1. The SMILES string of the molecule is COCCOCCOCCOCC(=O)OCCN1CCS(=O)(=O)CC1. The quantitative estimate of drug-likeness (QED) is 0.275. The molecule has 0 aromatic carbocycles. The van der Waals surface area contributed by atoms with Gasteiger partial charge in [0, 0.05) is 26.7 Å². The van der Waals surface area contributed by atoms with E-state index < -0.39 is 15.8 Å². The van der Waals surface area contributed by atoms with Crippen LogP contribution in [0.1, 0.15) is 0 Å². The summed E-state index contributed by atoms with van der Waals surface area (Å²) in [6.07, 6.45) is 0. The Morgan fingerprint density at radius 2 is 1.44 bits per heavy atom. The molecule has 0 bridgehead atoms. The zero-order valence-electron chi connectivity index (χ0n) is 14.8. The number of carbonyl (C=O) groups excluding carboxylic acids is 1. The number of sulfone groups is 1. The molecule has 1 aliphatic rings. The van der Waals surface area contributed by atoms with Gasteiger partial charge in [0.25, 0.3) is 0 Å². The second kappa shape index (κ2) is 13.4. The first kappa shape index (κ1) is 22.3. The summed E-state index contributed by atoms with van der Waals surface area (Å²) in [6.45, 7) is 4.35. The standard InChI is InChI=1S/C15H29NO8S/c1-20-6-7-21-8-9-22-10-11-23-14-15(17)24-5-2-16-3-12-25(18,19)13-4-16/h2-14H2,1H3. The van der Waals surface area contributed by atoms with Crippen molar-refractivity contribution in [2.24, 2.45) is 0 Å². The predicted molar refractivity (Wildman–Crippen MR) is 90.4 cm³/mol. The van der Waals surface area contributed by atoms with Gasteiger partial charge < -0.3 is 23.7 Å². The Labute approximate surface area is 149 Å². The topological polar surface area (TPSA) is 101 Å². The minimum atomic E-state index is -2.88. The second-order valence-corrected chi connectivity index (χ2v) is 7.79. The molecule has 1 aliphatic heterocycles. The normalized spacial score (nSPS) is 17.5. The maximum absolute atomic E-state index is 11.5. The van der Waals surface area contributed by atoms with Crippen molar-refractivity contribution in [1.82, 2.24) is 4.90 Å². The lowest BCUT2D eigenvalue weighted by molar-refractivity contribution is -0.149. The third kappa shape index (κ3) is 12.2. The number of nitrogens with zero attached hydrogens (tertiary/aromatic N) is 1. The first-order valence-electron chi connectivity index (χ1n) is 8.34. The fourth-order valence-electron chi connectivity index (χ4n) is 2.04. The first-order valence-corrected chi connectivity index (χ1v) is 10.2. The number of hydrogen-bond acceptors (Lipinski definition) is 9. The average Bonchev–Trinajstić information content (AvgIpc) is 2.58. The van der Waals surface area contributed by atoms with Gasteiger partial charge in [0.05, 0.1) is 51.1 Å². The lowest BCUT2D eigenvalue weighted by Gasteiger charge is -2.25. The molecule has 0 aromatic rings. The van der Waals surface area contributed by atoms with Crippen LogP contribution >= 0.6 is 0 Å². The van der Waals surface area contributed by atoms with E-state index in [1.807, 2.05) is 4.90 Å². The number of carbonyl (C=O) groups is 1. The fourth-order valence-corrected chi connectivity index (χ4v) is 3.32. The Bertz CT molecular complexity index is 442. The summed E-state index contributed by atoms with van der Waals surface area (Å²) in [6, 6.07) is 0. The fraction of sp³-hybridized carbons (Fsp3) is 0.933. The number of rotatable bonds is 14. The molecule has 148 valence electrons. The van der Waals surface area contributed by atoms with Crippen LogP contribution in [0.5, 0.6) is 0 Å². The maximum Gasteiger partial charge on any atom is 0.332 e. The minimum Gasteiger partial charge on any atom is -0.463 e. The van der Waals surface area contributed by atoms with Crippen molar-refractivity contribution in [3.8, 4) is 0 Å². The summed E-state index contributed by atoms with van der Waals surface area (Å²) in [5, 5.41) is 0. The predicted octanol–water partition coefficient (Wildman–Crippen LogP) is -1.04. The molecule has 1 rings (SSSR count). The van der Waals surface area contributed by atoms with Gasteiger partial charge in [-0.05, 0) is 0 Å². The van der Waals surface area contributed by atoms with E-state index in [0.29, 0.717) is 59.3 Å². The van der Waals surface area contributed by atoms with Gasteiger partial charge >= 0.3 is 5.97 Å². The molecular weight excluding hydrogens is 354 g/mol. The van der Waals surface area contributed by atoms with Crippen molar-refractivity contribution in [2.45, 2.75) is 0 Å². The molecule has 1 fully saturated rings. The highest BCUT2D eigenvalue weighted by Crippen LogP contribution is 2.03. The molecule has 0 atom stereocenters. The third-order valence-corrected chi connectivity index (χ3v) is 5.11. The van der Waals surface area contributed by atoms with Gasteiger partial charge in [0.2, 0.25) is 0 Å². The smallest absolute Gasteiger partial charge is 0.332 e. The van der Waals surface area contributed by atoms with Gasteiger partial charge in [-0.15, -0.1) is 0 Å². The Morgan fingerprint density at radius 3 is 2.04 bits per heavy atom. The van der Waals surface area contributed by atoms with Crippen LogP contribution in [0.4, 0.5) is 0 Å². The Balaban J connectivity index is 1.86. The molecule has 0 saturated carbocycles. The minimum absolute atomic E-state index is 0.123. The van der Waals surface area contributed by atoms with Crippen LogP contribution in [0.25, 0.3) is 0 Å². The second-order valence-electron chi connectivity index (χ2n) is 5.48. The van der Waals surface area contributed by atoms with Crippen molar-refractivity contribution in [2.75, 3.05) is 91.1 Å². The highest BCUT2D eigenvalue weighted by atomic mass is 32.2. The van der Waals surface area contributed by atoms with Gasteiger partial charge in [-0.2, -0.15) is 0 Å². The highest BCUT2D eigenvalue weighted by Gasteiger charge is 2.21. The van der Waals surface area contributed by atoms with Gasteiger partial charge in [0.15, 0.2) is 9.84 Å². The van der Waals surface area contributed by atoms with Crippen molar-refractivity contribution in [1.29, 1.82) is 0 Å². The van der Waals surface area contributed by atoms with Gasteiger partial charge in [-0.25, -0.2) is 13.2 Å². The molecule has 0 amide bonds. The molecule has 0 unspecified atom stereocenters. The van der Waals surface area contributed by atoms with Crippen LogP contribution in [0.15, 0.2) is 0 Å². The lowest BCUT2D eigenvalue weighted by atomic mass is 10.5. The lowest BCUT2D eigenvalue weighted by Crippen LogP contribution is -2.42. The van der Waals surface area contributed by atoms with Crippen LogP contribution < -0.4 is 0 Å². The Hall–Kier alpha value is -0.780. The molecule has 1 saturated heterocycles.